The molecular formula is C23H37N5O3. The normalized spacial score (nSPS) is 22.3. The van der Waals surface area contributed by atoms with E-state index < -0.39 is 0 Å². The van der Waals surface area contributed by atoms with Crippen LogP contribution in [0.15, 0.2) is 24.5 Å². The van der Waals surface area contributed by atoms with Crippen LogP contribution in [0.3, 0.4) is 0 Å². The number of nitrogens with one attached hydrogen (secondary N) is 2. The van der Waals surface area contributed by atoms with Crippen molar-refractivity contribution in [2.24, 2.45) is 5.92 Å². The molecule has 0 bridgehead atoms. The van der Waals surface area contributed by atoms with Crippen LogP contribution in [0.25, 0.3) is 0 Å². The van der Waals surface area contributed by atoms with Crippen molar-refractivity contribution in [3.8, 4) is 0 Å². The molecule has 31 heavy (non-hydrogen) atoms. The highest BCUT2D eigenvalue weighted by atomic mass is 16.5. The van der Waals surface area contributed by atoms with Crippen molar-refractivity contribution in [2.75, 3.05) is 59.0 Å². The molecule has 2 aliphatic rings. The first-order valence-corrected chi connectivity index (χ1v) is 11.7. The number of rotatable bonds is 7. The summed E-state index contributed by atoms with van der Waals surface area (Å²) in [6.07, 6.45) is 7.57. The monoisotopic (exact) mass is 431 g/mol. The van der Waals surface area contributed by atoms with Gasteiger partial charge in [-0.15, -0.1) is 0 Å². The second kappa shape index (κ2) is 13.4. The minimum atomic E-state index is -0.0537. The van der Waals surface area contributed by atoms with Gasteiger partial charge in [-0.2, -0.15) is 0 Å². The molecule has 2 aliphatic heterocycles. The zero-order chi connectivity index (χ0) is 21.7. The Balaban J connectivity index is 1.44. The molecule has 2 N–H and O–H groups in total. The lowest BCUT2D eigenvalue weighted by Gasteiger charge is -2.26. The van der Waals surface area contributed by atoms with E-state index in [1.807, 2.05) is 12.3 Å². The van der Waals surface area contributed by atoms with Crippen LogP contribution in [0.5, 0.6) is 0 Å². The first-order valence-electron chi connectivity index (χ1n) is 11.7. The predicted octanol–water partition coefficient (Wildman–Crippen LogP) is 1.03. The van der Waals surface area contributed by atoms with Crippen molar-refractivity contribution in [3.05, 3.63) is 30.1 Å². The summed E-state index contributed by atoms with van der Waals surface area (Å²) >= 11 is 0. The van der Waals surface area contributed by atoms with Gasteiger partial charge in [-0.1, -0.05) is 6.07 Å². The number of carbonyl (C=O) groups is 2. The van der Waals surface area contributed by atoms with Crippen LogP contribution in [0, 0.1) is 5.92 Å². The molecular weight excluding hydrogens is 394 g/mol. The number of hydrogen-bond donors (Lipinski definition) is 2. The minimum Gasteiger partial charge on any atom is -0.379 e. The van der Waals surface area contributed by atoms with Gasteiger partial charge < -0.3 is 15.4 Å². The Hall–Kier alpha value is -2.03. The highest BCUT2D eigenvalue weighted by Gasteiger charge is 2.20. The number of pyridine rings is 1. The minimum absolute atomic E-state index is 0.0537. The van der Waals surface area contributed by atoms with E-state index in [-0.39, 0.29) is 17.7 Å². The molecule has 3 heterocycles. The molecule has 1 unspecified atom stereocenters. The van der Waals surface area contributed by atoms with Gasteiger partial charge in [-0.25, -0.2) is 0 Å². The topological polar surface area (TPSA) is 86.8 Å². The van der Waals surface area contributed by atoms with Crippen LogP contribution >= 0.6 is 0 Å². The molecule has 0 radical (unpaired) electrons. The molecule has 2 amide bonds. The summed E-state index contributed by atoms with van der Waals surface area (Å²) in [5.74, 6) is 0.124. The summed E-state index contributed by atoms with van der Waals surface area (Å²) in [5.41, 5.74) is 1.15. The van der Waals surface area contributed by atoms with Crippen molar-refractivity contribution < 1.29 is 14.3 Å². The third-order valence-corrected chi connectivity index (χ3v) is 6.05. The molecule has 0 saturated carbocycles. The fraction of sp³-hybridized carbons (Fsp3) is 0.696. The van der Waals surface area contributed by atoms with Gasteiger partial charge in [0.05, 0.1) is 13.2 Å². The molecule has 8 heteroatoms. The van der Waals surface area contributed by atoms with E-state index in [9.17, 15) is 9.59 Å². The average molecular weight is 432 g/mol. The van der Waals surface area contributed by atoms with E-state index in [4.69, 9.17) is 4.74 Å². The van der Waals surface area contributed by atoms with Crippen LogP contribution in [0.1, 0.15) is 37.7 Å². The molecule has 1 aromatic rings. The van der Waals surface area contributed by atoms with Gasteiger partial charge in [0, 0.05) is 64.0 Å². The third kappa shape index (κ3) is 8.93. The second-order valence-corrected chi connectivity index (χ2v) is 8.46. The molecule has 1 atom stereocenters. The molecule has 172 valence electrons. The van der Waals surface area contributed by atoms with Crippen molar-refractivity contribution in [1.29, 1.82) is 0 Å². The summed E-state index contributed by atoms with van der Waals surface area (Å²) in [4.78, 5) is 33.8. The maximum Gasteiger partial charge on any atom is 0.223 e. The number of amides is 2. The number of hydrogen-bond acceptors (Lipinski definition) is 6. The number of nitrogens with zero attached hydrogens (tertiary/aromatic N) is 3. The van der Waals surface area contributed by atoms with Crippen molar-refractivity contribution in [1.82, 2.24) is 25.4 Å². The molecule has 0 aromatic carbocycles. The molecule has 0 spiro atoms. The van der Waals surface area contributed by atoms with Gasteiger partial charge in [-0.3, -0.25) is 24.4 Å². The highest BCUT2D eigenvalue weighted by Crippen LogP contribution is 2.14. The lowest BCUT2D eigenvalue weighted by atomic mass is 9.98. The van der Waals surface area contributed by atoms with Crippen LogP contribution in [-0.2, 0) is 20.9 Å². The Morgan fingerprint density at radius 1 is 1.19 bits per heavy atom. The van der Waals surface area contributed by atoms with Crippen molar-refractivity contribution in [2.45, 2.75) is 38.6 Å². The van der Waals surface area contributed by atoms with E-state index in [2.05, 4.69) is 31.5 Å². The third-order valence-electron chi connectivity index (χ3n) is 6.05. The lowest BCUT2D eigenvalue weighted by Crippen LogP contribution is -2.39. The Bertz CT molecular complexity index is 666. The Kier molecular flexibility index (Phi) is 10.2. The Morgan fingerprint density at radius 2 is 2.06 bits per heavy atom. The maximum absolute atomic E-state index is 12.8. The predicted molar refractivity (Wildman–Crippen MR) is 119 cm³/mol. The molecule has 0 aliphatic carbocycles. The number of aromatic nitrogens is 1. The highest BCUT2D eigenvalue weighted by molar-refractivity contribution is 5.79. The zero-order valence-corrected chi connectivity index (χ0v) is 18.6. The summed E-state index contributed by atoms with van der Waals surface area (Å²) in [6.45, 7) is 8.20. The standard InChI is InChI=1S/C23H37N5O3/c29-22-7-13-28(19-20-4-1-8-24-18-20)11-2-5-21(6-10-25-22)23(30)26-9-3-12-27-14-16-31-17-15-27/h1,4,8,18,21H,2-3,5-7,9-17,19H2,(H,25,29)(H,26,30). The lowest BCUT2D eigenvalue weighted by molar-refractivity contribution is -0.126. The number of ether oxygens (including phenoxy) is 1. The van der Waals surface area contributed by atoms with Crippen LogP contribution in [-0.4, -0.2) is 85.6 Å². The summed E-state index contributed by atoms with van der Waals surface area (Å²) < 4.78 is 5.37. The van der Waals surface area contributed by atoms with Crippen molar-refractivity contribution in [3.63, 3.8) is 0 Å². The quantitative estimate of drug-likeness (QED) is 0.627. The summed E-state index contributed by atoms with van der Waals surface area (Å²) in [6, 6.07) is 4.00. The van der Waals surface area contributed by atoms with Gasteiger partial charge in [0.1, 0.15) is 0 Å². The first-order chi connectivity index (χ1) is 15.2. The maximum atomic E-state index is 12.8. The van der Waals surface area contributed by atoms with E-state index in [0.29, 0.717) is 25.9 Å². The molecule has 8 nitrogen and oxygen atoms in total. The first kappa shape index (κ1) is 23.6. The number of carbonyl (C=O) groups excluding carboxylic acids is 2. The Labute approximate surface area is 185 Å². The van der Waals surface area contributed by atoms with Gasteiger partial charge >= 0.3 is 0 Å². The van der Waals surface area contributed by atoms with Crippen molar-refractivity contribution >= 4 is 11.8 Å². The van der Waals surface area contributed by atoms with Crippen LogP contribution in [0.2, 0.25) is 0 Å². The Morgan fingerprint density at radius 3 is 2.87 bits per heavy atom. The smallest absolute Gasteiger partial charge is 0.223 e. The zero-order valence-electron chi connectivity index (χ0n) is 18.6. The van der Waals surface area contributed by atoms with Crippen LogP contribution < -0.4 is 10.6 Å². The molecule has 3 rings (SSSR count). The largest absolute Gasteiger partial charge is 0.379 e. The SMILES string of the molecule is O=C1CCN(Cc2cccnc2)CCCC(C(=O)NCCCN2CCOCC2)CCN1. The number of morpholine rings is 1. The van der Waals surface area contributed by atoms with Gasteiger partial charge in [-0.05, 0) is 50.4 Å². The fourth-order valence-electron chi connectivity index (χ4n) is 4.20. The van der Waals surface area contributed by atoms with E-state index >= 15 is 0 Å². The van der Waals surface area contributed by atoms with Crippen LogP contribution in [0.4, 0.5) is 0 Å². The van der Waals surface area contributed by atoms with E-state index in [1.54, 1.807) is 6.20 Å². The van der Waals surface area contributed by atoms with E-state index in [0.717, 1.165) is 77.3 Å². The molecule has 2 saturated heterocycles. The molecule has 1 aromatic heterocycles. The fourth-order valence-corrected chi connectivity index (χ4v) is 4.20. The summed E-state index contributed by atoms with van der Waals surface area (Å²) in [5, 5.41) is 6.11. The molecule has 2 fully saturated rings. The second-order valence-electron chi connectivity index (χ2n) is 8.46. The summed E-state index contributed by atoms with van der Waals surface area (Å²) in [7, 11) is 0. The van der Waals surface area contributed by atoms with Gasteiger partial charge in [0.2, 0.25) is 11.8 Å². The van der Waals surface area contributed by atoms with E-state index in [1.165, 1.54) is 0 Å². The van der Waals surface area contributed by atoms with Gasteiger partial charge in [0.15, 0.2) is 0 Å². The average Bonchev–Trinajstić information content (AvgIpc) is 2.83. The van der Waals surface area contributed by atoms with Gasteiger partial charge in [0.25, 0.3) is 0 Å².